The molecule has 0 radical (unpaired) electrons. The average molecular weight is 244 g/mol. The summed E-state index contributed by atoms with van der Waals surface area (Å²) in [5.74, 6) is -0.758. The second-order valence-electron chi connectivity index (χ2n) is 3.15. The zero-order valence-corrected chi connectivity index (χ0v) is 9.45. The van der Waals surface area contributed by atoms with Crippen LogP contribution in [0.3, 0.4) is 0 Å². The highest BCUT2D eigenvalue weighted by molar-refractivity contribution is 7.89. The maximum Gasteiger partial charge on any atom is 0.262 e. The number of nitrogens with two attached hydrogens (primary N) is 1. The molecule has 0 spiro atoms. The molecule has 7 heteroatoms. The number of benzene rings is 1. The van der Waals surface area contributed by atoms with Crippen molar-refractivity contribution < 1.29 is 18.0 Å². The van der Waals surface area contributed by atoms with Crippen LogP contribution in [0.5, 0.6) is 0 Å². The van der Waals surface area contributed by atoms with Crippen LogP contribution in [0.15, 0.2) is 29.2 Å². The number of nitrogens with one attached hydrogen (secondary N) is 1. The molecule has 1 aromatic carbocycles. The minimum Gasteiger partial charge on any atom is -0.368 e. The van der Waals surface area contributed by atoms with Gasteiger partial charge < -0.3 is 5.73 Å². The molecule has 1 rings (SSSR count). The summed E-state index contributed by atoms with van der Waals surface area (Å²) >= 11 is 0. The lowest BCUT2D eigenvalue weighted by Crippen LogP contribution is -2.29. The molecule has 0 atom stereocenters. The number of carbonyl (C=O) groups is 1. The Bertz CT molecular complexity index is 467. The minimum absolute atomic E-state index is 0.0579. The van der Waals surface area contributed by atoms with Crippen LogP contribution in [0.2, 0.25) is 0 Å². The standard InChI is InChI=1S/C9H12N2O4S/c1-7-2-4-8(5-3-7)16(13,14)11-15-6-9(10)12/h2-5,11H,6H2,1H3,(H2,10,12). The van der Waals surface area contributed by atoms with Crippen LogP contribution in [0, 0.1) is 6.92 Å². The zero-order chi connectivity index (χ0) is 12.2. The van der Waals surface area contributed by atoms with Gasteiger partial charge in [0.25, 0.3) is 10.0 Å². The van der Waals surface area contributed by atoms with E-state index in [-0.39, 0.29) is 4.90 Å². The van der Waals surface area contributed by atoms with E-state index in [1.54, 1.807) is 17.0 Å². The van der Waals surface area contributed by atoms with Crippen molar-refractivity contribution in [3.8, 4) is 0 Å². The predicted octanol–water partition coefficient (Wildman–Crippen LogP) is -0.310. The maximum atomic E-state index is 11.5. The molecule has 0 saturated carbocycles. The van der Waals surface area contributed by atoms with Crippen molar-refractivity contribution in [3.05, 3.63) is 29.8 Å². The SMILES string of the molecule is Cc1ccc(S(=O)(=O)NOCC(N)=O)cc1. The Morgan fingerprint density at radius 3 is 2.44 bits per heavy atom. The van der Waals surface area contributed by atoms with E-state index in [4.69, 9.17) is 5.73 Å². The fourth-order valence-corrected chi connectivity index (χ4v) is 1.75. The first-order valence-corrected chi connectivity index (χ1v) is 5.89. The third kappa shape index (κ3) is 3.61. The van der Waals surface area contributed by atoms with Crippen LogP contribution in [-0.2, 0) is 19.7 Å². The van der Waals surface area contributed by atoms with E-state index < -0.39 is 22.5 Å². The first-order valence-electron chi connectivity index (χ1n) is 4.40. The number of rotatable bonds is 5. The fraction of sp³-hybridized carbons (Fsp3) is 0.222. The van der Waals surface area contributed by atoms with Crippen molar-refractivity contribution in [1.29, 1.82) is 0 Å². The predicted molar refractivity (Wildman–Crippen MR) is 56.6 cm³/mol. The number of primary amides is 1. The Labute approximate surface area is 93.4 Å². The van der Waals surface area contributed by atoms with Gasteiger partial charge in [0.05, 0.1) is 4.90 Å². The molecule has 0 bridgehead atoms. The third-order valence-electron chi connectivity index (χ3n) is 1.71. The number of amides is 1. The summed E-state index contributed by atoms with van der Waals surface area (Å²) in [5, 5.41) is 0. The first-order chi connectivity index (χ1) is 7.42. The molecule has 0 aromatic heterocycles. The third-order valence-corrected chi connectivity index (χ3v) is 2.94. The molecule has 0 heterocycles. The molecule has 0 aliphatic rings. The van der Waals surface area contributed by atoms with Crippen LogP contribution >= 0.6 is 0 Å². The van der Waals surface area contributed by atoms with Crippen LogP contribution in [0.25, 0.3) is 0 Å². The number of hydrogen-bond donors (Lipinski definition) is 2. The summed E-state index contributed by atoms with van der Waals surface area (Å²) in [7, 11) is -3.75. The van der Waals surface area contributed by atoms with Crippen molar-refractivity contribution in [3.63, 3.8) is 0 Å². The van der Waals surface area contributed by atoms with Gasteiger partial charge in [0.2, 0.25) is 5.91 Å². The van der Waals surface area contributed by atoms with Gasteiger partial charge in [0, 0.05) is 0 Å². The van der Waals surface area contributed by atoms with Gasteiger partial charge in [-0.05, 0) is 19.1 Å². The molecule has 0 aliphatic heterocycles. The highest BCUT2D eigenvalue weighted by atomic mass is 32.2. The topological polar surface area (TPSA) is 98.5 Å². The number of sulfonamides is 1. The van der Waals surface area contributed by atoms with Crippen molar-refractivity contribution in [1.82, 2.24) is 4.89 Å². The molecule has 1 amide bonds. The number of hydrogen-bond acceptors (Lipinski definition) is 4. The summed E-state index contributed by atoms with van der Waals surface area (Å²) in [6, 6.07) is 6.18. The van der Waals surface area contributed by atoms with Crippen molar-refractivity contribution >= 4 is 15.9 Å². The van der Waals surface area contributed by atoms with Gasteiger partial charge in [-0.1, -0.05) is 22.6 Å². The Balaban J connectivity index is 2.71. The van der Waals surface area contributed by atoms with Gasteiger partial charge in [0.1, 0.15) is 6.61 Å². The summed E-state index contributed by atoms with van der Waals surface area (Å²) < 4.78 is 23.1. The summed E-state index contributed by atoms with van der Waals surface area (Å²) in [5.41, 5.74) is 5.72. The fourth-order valence-electron chi connectivity index (χ4n) is 0.944. The van der Waals surface area contributed by atoms with Crippen LogP contribution < -0.4 is 10.6 Å². The monoisotopic (exact) mass is 244 g/mol. The molecule has 0 aliphatic carbocycles. The average Bonchev–Trinajstić information content (AvgIpc) is 2.17. The molecule has 0 saturated heterocycles. The van der Waals surface area contributed by atoms with Gasteiger partial charge >= 0.3 is 0 Å². The van der Waals surface area contributed by atoms with E-state index >= 15 is 0 Å². The second kappa shape index (κ2) is 5.06. The molecule has 3 N–H and O–H groups in total. The lowest BCUT2D eigenvalue weighted by Gasteiger charge is -2.05. The Kier molecular flexibility index (Phi) is 3.99. The normalized spacial score (nSPS) is 11.3. The highest BCUT2D eigenvalue weighted by Gasteiger charge is 2.13. The molecule has 0 unspecified atom stereocenters. The van der Waals surface area contributed by atoms with E-state index in [2.05, 4.69) is 4.84 Å². The lowest BCUT2D eigenvalue weighted by molar-refractivity contribution is -0.123. The van der Waals surface area contributed by atoms with Gasteiger partial charge in [-0.3, -0.25) is 9.63 Å². The molecular formula is C9H12N2O4S. The van der Waals surface area contributed by atoms with E-state index in [1.807, 2.05) is 6.92 Å². The van der Waals surface area contributed by atoms with Crippen molar-refractivity contribution in [2.75, 3.05) is 6.61 Å². The van der Waals surface area contributed by atoms with Crippen LogP contribution in [-0.4, -0.2) is 20.9 Å². The molecule has 88 valence electrons. The number of aryl methyl sites for hydroxylation is 1. The number of carbonyl (C=O) groups excluding carboxylic acids is 1. The summed E-state index contributed by atoms with van der Waals surface area (Å²) in [4.78, 5) is 16.6. The van der Waals surface area contributed by atoms with Gasteiger partial charge in [-0.2, -0.15) is 0 Å². The first kappa shape index (κ1) is 12.6. The Hall–Kier alpha value is -1.44. The molecule has 16 heavy (non-hydrogen) atoms. The highest BCUT2D eigenvalue weighted by Crippen LogP contribution is 2.09. The lowest BCUT2D eigenvalue weighted by atomic mass is 10.2. The van der Waals surface area contributed by atoms with Crippen LogP contribution in [0.4, 0.5) is 0 Å². The van der Waals surface area contributed by atoms with E-state index in [0.717, 1.165) is 5.56 Å². The largest absolute Gasteiger partial charge is 0.368 e. The van der Waals surface area contributed by atoms with Crippen molar-refractivity contribution in [2.24, 2.45) is 5.73 Å². The zero-order valence-electron chi connectivity index (χ0n) is 8.64. The Morgan fingerprint density at radius 1 is 1.38 bits per heavy atom. The molecular weight excluding hydrogens is 232 g/mol. The summed E-state index contributed by atoms with van der Waals surface area (Å²) in [6.45, 7) is 1.33. The van der Waals surface area contributed by atoms with Gasteiger partial charge in [0.15, 0.2) is 0 Å². The minimum atomic E-state index is -3.75. The second-order valence-corrected chi connectivity index (χ2v) is 4.80. The van der Waals surface area contributed by atoms with E-state index in [0.29, 0.717) is 0 Å². The van der Waals surface area contributed by atoms with E-state index in [1.165, 1.54) is 12.1 Å². The quantitative estimate of drug-likeness (QED) is 0.694. The van der Waals surface area contributed by atoms with Gasteiger partial charge in [-0.15, -0.1) is 0 Å². The molecule has 6 nitrogen and oxygen atoms in total. The molecule has 1 aromatic rings. The smallest absolute Gasteiger partial charge is 0.262 e. The molecule has 0 fully saturated rings. The van der Waals surface area contributed by atoms with Crippen LogP contribution in [0.1, 0.15) is 5.56 Å². The van der Waals surface area contributed by atoms with Crippen molar-refractivity contribution in [2.45, 2.75) is 11.8 Å². The van der Waals surface area contributed by atoms with E-state index in [9.17, 15) is 13.2 Å². The van der Waals surface area contributed by atoms with Gasteiger partial charge in [-0.25, -0.2) is 8.42 Å². The maximum absolute atomic E-state index is 11.5. The Morgan fingerprint density at radius 2 is 1.94 bits per heavy atom. The summed E-state index contributed by atoms with van der Waals surface area (Å²) in [6.07, 6.45) is 0.